The molecule has 2 atom stereocenters. The Kier molecular flexibility index (Phi) is 3.94. The van der Waals surface area contributed by atoms with Gasteiger partial charge in [-0.25, -0.2) is 0 Å². The molecule has 1 aromatic heterocycles. The zero-order valence-corrected chi connectivity index (χ0v) is 13.7. The van der Waals surface area contributed by atoms with Crippen LogP contribution in [-0.4, -0.2) is 19.3 Å². The monoisotopic (exact) mass is 304 g/mol. The van der Waals surface area contributed by atoms with Gasteiger partial charge < -0.3 is 10.2 Å². The highest BCUT2D eigenvalue weighted by molar-refractivity contribution is 8.01. The SMILES string of the molecule is C[C@H]1CC(Nc2cccc(N(C)C)c2)c2ccsc2S1. The summed E-state index contributed by atoms with van der Waals surface area (Å²) in [5.41, 5.74) is 3.91. The molecule has 1 aliphatic rings. The van der Waals surface area contributed by atoms with Gasteiger partial charge >= 0.3 is 0 Å². The molecule has 2 aromatic rings. The lowest BCUT2D eigenvalue weighted by Crippen LogP contribution is -2.19. The standard InChI is InChI=1S/C16H20N2S2/c1-11-9-15(14-7-8-19-16(14)20-11)17-12-5-4-6-13(10-12)18(2)3/h4-8,10-11,15,17H,9H2,1-3H3/t11-,15?/m0/s1. The Morgan fingerprint density at radius 3 is 2.90 bits per heavy atom. The van der Waals surface area contributed by atoms with Crippen LogP contribution in [0.5, 0.6) is 0 Å². The lowest BCUT2D eigenvalue weighted by molar-refractivity contribution is 0.670. The Morgan fingerprint density at radius 1 is 1.25 bits per heavy atom. The summed E-state index contributed by atoms with van der Waals surface area (Å²) < 4.78 is 1.48. The van der Waals surface area contributed by atoms with Gasteiger partial charge in [0.1, 0.15) is 0 Å². The zero-order chi connectivity index (χ0) is 14.1. The normalized spacial score (nSPS) is 21.4. The second-order valence-corrected chi connectivity index (χ2v) is 8.09. The number of fused-ring (bicyclic) bond motifs is 1. The third kappa shape index (κ3) is 2.81. The molecule has 1 unspecified atom stereocenters. The maximum Gasteiger partial charge on any atom is 0.0653 e. The summed E-state index contributed by atoms with van der Waals surface area (Å²) >= 11 is 3.88. The highest BCUT2D eigenvalue weighted by Crippen LogP contribution is 2.45. The van der Waals surface area contributed by atoms with Crippen molar-refractivity contribution in [2.45, 2.75) is 28.8 Å². The molecule has 3 rings (SSSR count). The van der Waals surface area contributed by atoms with Crippen LogP contribution in [0.25, 0.3) is 0 Å². The number of hydrogen-bond acceptors (Lipinski definition) is 4. The van der Waals surface area contributed by atoms with Crippen LogP contribution in [0.15, 0.2) is 39.9 Å². The quantitative estimate of drug-likeness (QED) is 0.872. The molecule has 0 amide bonds. The highest BCUT2D eigenvalue weighted by Gasteiger charge is 2.26. The van der Waals surface area contributed by atoms with Gasteiger partial charge in [-0.15, -0.1) is 23.1 Å². The molecule has 20 heavy (non-hydrogen) atoms. The Hall–Kier alpha value is -1.13. The summed E-state index contributed by atoms with van der Waals surface area (Å²) in [5, 5.41) is 6.60. The van der Waals surface area contributed by atoms with E-state index in [4.69, 9.17) is 0 Å². The molecular weight excluding hydrogens is 284 g/mol. The lowest BCUT2D eigenvalue weighted by Gasteiger charge is -2.28. The number of nitrogens with one attached hydrogen (secondary N) is 1. The second-order valence-electron chi connectivity index (χ2n) is 5.47. The van der Waals surface area contributed by atoms with Crippen LogP contribution in [-0.2, 0) is 0 Å². The Labute approximate surface area is 129 Å². The lowest BCUT2D eigenvalue weighted by atomic mass is 10.0. The van der Waals surface area contributed by atoms with Crippen molar-refractivity contribution in [1.29, 1.82) is 0 Å². The Balaban J connectivity index is 1.83. The number of rotatable bonds is 3. The average molecular weight is 304 g/mol. The maximum absolute atomic E-state index is 3.72. The predicted molar refractivity (Wildman–Crippen MR) is 91.4 cm³/mol. The fourth-order valence-corrected chi connectivity index (χ4v) is 5.13. The molecule has 0 radical (unpaired) electrons. The molecule has 1 aliphatic heterocycles. The number of thioether (sulfide) groups is 1. The Bertz CT molecular complexity index is 592. The van der Waals surface area contributed by atoms with Crippen LogP contribution in [0.3, 0.4) is 0 Å². The maximum atomic E-state index is 3.72. The number of benzene rings is 1. The van der Waals surface area contributed by atoms with E-state index in [0.717, 1.165) is 0 Å². The van der Waals surface area contributed by atoms with Crippen LogP contribution in [0, 0.1) is 0 Å². The smallest absolute Gasteiger partial charge is 0.0653 e. The summed E-state index contributed by atoms with van der Waals surface area (Å²) in [7, 11) is 4.16. The van der Waals surface area contributed by atoms with Gasteiger partial charge in [-0.3, -0.25) is 0 Å². The van der Waals surface area contributed by atoms with E-state index in [2.05, 4.69) is 66.9 Å². The van der Waals surface area contributed by atoms with E-state index in [1.165, 1.54) is 27.6 Å². The van der Waals surface area contributed by atoms with Crippen molar-refractivity contribution >= 4 is 34.5 Å². The topological polar surface area (TPSA) is 15.3 Å². The van der Waals surface area contributed by atoms with Crippen molar-refractivity contribution in [3.05, 3.63) is 41.3 Å². The first-order chi connectivity index (χ1) is 9.63. The average Bonchev–Trinajstić information content (AvgIpc) is 2.87. The fraction of sp³-hybridized carbons (Fsp3) is 0.375. The minimum Gasteiger partial charge on any atom is -0.378 e. The van der Waals surface area contributed by atoms with Crippen LogP contribution in [0.2, 0.25) is 0 Å². The first kappa shape index (κ1) is 13.8. The van der Waals surface area contributed by atoms with Crippen molar-refractivity contribution in [3.8, 4) is 0 Å². The molecule has 0 aliphatic carbocycles. The van der Waals surface area contributed by atoms with E-state index in [-0.39, 0.29) is 0 Å². The number of hydrogen-bond donors (Lipinski definition) is 1. The van der Waals surface area contributed by atoms with Gasteiger partial charge in [0.05, 0.1) is 10.3 Å². The highest BCUT2D eigenvalue weighted by atomic mass is 32.2. The van der Waals surface area contributed by atoms with Gasteiger partial charge in [-0.1, -0.05) is 13.0 Å². The van der Waals surface area contributed by atoms with Crippen LogP contribution >= 0.6 is 23.1 Å². The molecule has 0 fully saturated rings. The van der Waals surface area contributed by atoms with E-state index >= 15 is 0 Å². The molecule has 0 bridgehead atoms. The second kappa shape index (κ2) is 5.70. The van der Waals surface area contributed by atoms with Crippen molar-refractivity contribution in [1.82, 2.24) is 0 Å². The van der Waals surface area contributed by atoms with Gasteiger partial charge in [0.2, 0.25) is 0 Å². The third-order valence-electron chi connectivity index (χ3n) is 3.61. The summed E-state index contributed by atoms with van der Waals surface area (Å²) in [4.78, 5) is 2.14. The summed E-state index contributed by atoms with van der Waals surface area (Å²) in [6.07, 6.45) is 1.18. The van der Waals surface area contributed by atoms with Gasteiger partial charge in [-0.2, -0.15) is 0 Å². The van der Waals surface area contributed by atoms with E-state index in [1.54, 1.807) is 0 Å². The fourth-order valence-electron chi connectivity index (χ4n) is 2.56. The molecular formula is C16H20N2S2. The zero-order valence-electron chi connectivity index (χ0n) is 12.1. The molecule has 4 heteroatoms. The van der Waals surface area contributed by atoms with Gasteiger partial charge in [0.25, 0.3) is 0 Å². The molecule has 1 N–H and O–H groups in total. The molecule has 0 saturated carbocycles. The number of thiophene rings is 1. The van der Waals surface area contributed by atoms with E-state index in [9.17, 15) is 0 Å². The number of anilines is 2. The van der Waals surface area contributed by atoms with Crippen LogP contribution in [0.1, 0.15) is 24.9 Å². The van der Waals surface area contributed by atoms with E-state index in [0.29, 0.717) is 11.3 Å². The molecule has 2 nitrogen and oxygen atoms in total. The Morgan fingerprint density at radius 2 is 2.10 bits per heavy atom. The van der Waals surface area contributed by atoms with Gasteiger partial charge in [0, 0.05) is 30.7 Å². The predicted octanol–water partition coefficient (Wildman–Crippen LogP) is 4.85. The van der Waals surface area contributed by atoms with E-state index < -0.39 is 0 Å². The van der Waals surface area contributed by atoms with E-state index in [1.807, 2.05) is 23.1 Å². The summed E-state index contributed by atoms with van der Waals surface area (Å²) in [6, 6.07) is 11.3. The molecule has 1 aromatic carbocycles. The van der Waals surface area contributed by atoms with Crippen LogP contribution in [0.4, 0.5) is 11.4 Å². The molecule has 2 heterocycles. The van der Waals surface area contributed by atoms with Gasteiger partial charge in [0.15, 0.2) is 0 Å². The largest absolute Gasteiger partial charge is 0.378 e. The number of nitrogens with zero attached hydrogens (tertiary/aromatic N) is 1. The minimum atomic E-state index is 0.435. The van der Waals surface area contributed by atoms with Crippen molar-refractivity contribution in [2.24, 2.45) is 0 Å². The first-order valence-corrected chi connectivity index (χ1v) is 8.67. The first-order valence-electron chi connectivity index (χ1n) is 6.91. The van der Waals surface area contributed by atoms with Crippen molar-refractivity contribution in [3.63, 3.8) is 0 Å². The minimum absolute atomic E-state index is 0.435. The molecule has 0 spiro atoms. The van der Waals surface area contributed by atoms with Crippen LogP contribution < -0.4 is 10.2 Å². The van der Waals surface area contributed by atoms with Crippen molar-refractivity contribution < 1.29 is 0 Å². The summed E-state index contributed by atoms with van der Waals surface area (Å²) in [5.74, 6) is 0. The molecule has 0 saturated heterocycles. The van der Waals surface area contributed by atoms with Crippen molar-refractivity contribution in [2.75, 3.05) is 24.3 Å². The third-order valence-corrected chi connectivity index (χ3v) is 5.96. The van der Waals surface area contributed by atoms with Gasteiger partial charge in [-0.05, 0) is 41.6 Å². The molecule has 106 valence electrons. The summed E-state index contributed by atoms with van der Waals surface area (Å²) in [6.45, 7) is 2.32.